The summed E-state index contributed by atoms with van der Waals surface area (Å²) in [7, 11) is 0. The summed E-state index contributed by atoms with van der Waals surface area (Å²) in [5, 5.41) is 2.67. The second kappa shape index (κ2) is 9.98. The van der Waals surface area contributed by atoms with Gasteiger partial charge in [0.1, 0.15) is 11.6 Å². The van der Waals surface area contributed by atoms with Gasteiger partial charge in [-0.1, -0.05) is 24.8 Å². The van der Waals surface area contributed by atoms with Crippen LogP contribution in [0.4, 0.5) is 5.82 Å². The van der Waals surface area contributed by atoms with E-state index < -0.39 is 5.91 Å². The van der Waals surface area contributed by atoms with Crippen molar-refractivity contribution in [3.8, 4) is 34.0 Å². The molecule has 9 nitrogen and oxygen atoms in total. The molecule has 188 valence electrons. The molecule has 0 aliphatic heterocycles. The molecule has 0 radical (unpaired) electrons. The molecule has 0 aliphatic rings. The van der Waals surface area contributed by atoms with Gasteiger partial charge < -0.3 is 20.2 Å². The highest BCUT2D eigenvalue weighted by Crippen LogP contribution is 2.41. The second-order valence-corrected chi connectivity index (χ2v) is 8.62. The normalized spacial score (nSPS) is 10.8. The summed E-state index contributed by atoms with van der Waals surface area (Å²) in [6.45, 7) is 7.27. The van der Waals surface area contributed by atoms with Crippen LogP contribution in [0, 0.1) is 13.8 Å². The molecule has 0 spiro atoms. The molecule has 0 bridgehead atoms. The molecule has 4 heterocycles. The maximum Gasteiger partial charge on any atom is 0.251 e. The summed E-state index contributed by atoms with van der Waals surface area (Å²) in [6.07, 6.45) is 7.85. The Morgan fingerprint density at radius 1 is 1.11 bits per heavy atom. The predicted octanol–water partition coefficient (Wildman–Crippen LogP) is 5.09. The first kappa shape index (κ1) is 24.4. The van der Waals surface area contributed by atoms with Crippen molar-refractivity contribution in [2.45, 2.75) is 13.8 Å². The van der Waals surface area contributed by atoms with Crippen molar-refractivity contribution < 1.29 is 14.3 Å². The third kappa shape index (κ3) is 4.60. The van der Waals surface area contributed by atoms with Crippen LogP contribution in [0.5, 0.6) is 11.6 Å². The zero-order valence-electron chi connectivity index (χ0n) is 20.8. The Hall–Kier alpha value is -5.31. The van der Waals surface area contributed by atoms with Crippen LogP contribution in [0.1, 0.15) is 21.6 Å². The number of pyridine rings is 2. The number of primary amides is 1. The first-order valence-electron chi connectivity index (χ1n) is 11.8. The number of fused-ring (bicyclic) bond motifs is 1. The minimum absolute atomic E-state index is 0.338. The maximum atomic E-state index is 12.8. The fraction of sp³-hybridized carbons (Fsp3) is 0.0690. The van der Waals surface area contributed by atoms with Gasteiger partial charge in [0.15, 0.2) is 0 Å². The van der Waals surface area contributed by atoms with Gasteiger partial charge in [0.05, 0.1) is 23.0 Å². The number of carbonyl (C=O) groups is 2. The molecule has 0 aliphatic carbocycles. The maximum absolute atomic E-state index is 12.8. The third-order valence-corrected chi connectivity index (χ3v) is 6.02. The molecular formula is C29H24N6O3. The topological polar surface area (TPSA) is 124 Å². The highest BCUT2D eigenvalue weighted by atomic mass is 16.5. The van der Waals surface area contributed by atoms with Gasteiger partial charge >= 0.3 is 0 Å². The first-order valence-corrected chi connectivity index (χ1v) is 11.8. The predicted molar refractivity (Wildman–Crippen MR) is 145 cm³/mol. The number of rotatable bonds is 7. The van der Waals surface area contributed by atoms with Gasteiger partial charge in [0, 0.05) is 41.5 Å². The molecule has 0 atom stereocenters. The number of anilines is 1. The van der Waals surface area contributed by atoms with Crippen molar-refractivity contribution in [1.82, 2.24) is 19.4 Å². The molecule has 2 amide bonds. The second-order valence-electron chi connectivity index (χ2n) is 8.62. The number of ether oxygens (including phenoxy) is 1. The summed E-state index contributed by atoms with van der Waals surface area (Å²) < 4.78 is 7.78. The smallest absolute Gasteiger partial charge is 0.251 e. The Bertz CT molecular complexity index is 1710. The van der Waals surface area contributed by atoms with Gasteiger partial charge in [0.2, 0.25) is 11.8 Å². The van der Waals surface area contributed by atoms with Gasteiger partial charge in [-0.2, -0.15) is 0 Å². The van der Waals surface area contributed by atoms with E-state index in [1.807, 2.05) is 54.6 Å². The monoisotopic (exact) mass is 504 g/mol. The molecule has 38 heavy (non-hydrogen) atoms. The van der Waals surface area contributed by atoms with E-state index in [0.29, 0.717) is 34.1 Å². The zero-order chi connectivity index (χ0) is 26.8. The SMILES string of the molecule is C=CC(=O)Nc1cc(C)c(-c2c(-c3ccc(Oc4cccc(C)n4)cc3)c(C(N)=O)c3cnccn23)cn1. The molecular weight excluding hydrogens is 480 g/mol. The van der Waals surface area contributed by atoms with E-state index >= 15 is 0 Å². The van der Waals surface area contributed by atoms with Gasteiger partial charge in [-0.15, -0.1) is 0 Å². The number of aromatic nitrogens is 4. The van der Waals surface area contributed by atoms with Crippen molar-refractivity contribution in [2.75, 3.05) is 5.32 Å². The lowest BCUT2D eigenvalue weighted by molar-refractivity contribution is -0.111. The summed E-state index contributed by atoms with van der Waals surface area (Å²) in [5.74, 6) is 0.536. The number of nitrogens with two attached hydrogens (primary N) is 1. The van der Waals surface area contributed by atoms with Crippen molar-refractivity contribution in [2.24, 2.45) is 5.73 Å². The van der Waals surface area contributed by atoms with Gasteiger partial charge in [-0.05, 0) is 55.3 Å². The van der Waals surface area contributed by atoms with Crippen LogP contribution >= 0.6 is 0 Å². The van der Waals surface area contributed by atoms with Crippen LogP contribution in [-0.2, 0) is 4.79 Å². The Morgan fingerprint density at radius 3 is 2.58 bits per heavy atom. The molecule has 1 aromatic carbocycles. The van der Waals surface area contributed by atoms with Gasteiger partial charge in [-0.25, -0.2) is 9.97 Å². The minimum atomic E-state index is -0.582. The van der Waals surface area contributed by atoms with E-state index in [9.17, 15) is 9.59 Å². The molecule has 4 aromatic heterocycles. The Balaban J connectivity index is 1.65. The average molecular weight is 505 g/mol. The van der Waals surface area contributed by atoms with Crippen molar-refractivity contribution in [1.29, 1.82) is 0 Å². The summed E-state index contributed by atoms with van der Waals surface area (Å²) in [6, 6.07) is 14.7. The minimum Gasteiger partial charge on any atom is -0.439 e. The number of nitrogens with zero attached hydrogens (tertiary/aromatic N) is 4. The average Bonchev–Trinajstić information content (AvgIpc) is 3.24. The highest BCUT2D eigenvalue weighted by molar-refractivity contribution is 6.11. The van der Waals surface area contributed by atoms with Crippen molar-refractivity contribution in [3.63, 3.8) is 0 Å². The standard InChI is InChI=1S/C29H24N6O3/c1-4-24(36)34-23-14-17(2)21(15-32-23)28-26(27(29(30)37)22-16-31-12-13-35(22)28)19-8-10-20(11-9-19)38-25-7-5-6-18(3)33-25/h4-16H,1H2,2-3H3,(H2,30,37)(H,32,34,36). The van der Waals surface area contributed by atoms with Gasteiger partial charge in [-0.3, -0.25) is 14.6 Å². The number of benzene rings is 1. The lowest BCUT2D eigenvalue weighted by Crippen LogP contribution is -2.12. The number of carbonyl (C=O) groups excluding carboxylic acids is 2. The Kier molecular flexibility index (Phi) is 6.40. The van der Waals surface area contributed by atoms with E-state index in [2.05, 4.69) is 26.8 Å². The largest absolute Gasteiger partial charge is 0.439 e. The van der Waals surface area contributed by atoms with E-state index in [4.69, 9.17) is 10.5 Å². The molecule has 0 saturated heterocycles. The lowest BCUT2D eigenvalue weighted by atomic mass is 9.96. The van der Waals surface area contributed by atoms with Crippen LogP contribution in [0.2, 0.25) is 0 Å². The fourth-order valence-corrected chi connectivity index (χ4v) is 4.34. The summed E-state index contributed by atoms with van der Waals surface area (Å²) in [4.78, 5) is 37.5. The first-order chi connectivity index (χ1) is 18.4. The number of hydrogen-bond acceptors (Lipinski definition) is 6. The van der Waals surface area contributed by atoms with E-state index in [-0.39, 0.29) is 5.91 Å². The molecule has 0 fully saturated rings. The zero-order valence-corrected chi connectivity index (χ0v) is 20.8. The Labute approximate surface area is 218 Å². The number of aryl methyl sites for hydroxylation is 2. The number of nitrogens with one attached hydrogen (secondary N) is 1. The van der Waals surface area contributed by atoms with E-state index in [1.54, 1.807) is 36.9 Å². The van der Waals surface area contributed by atoms with Crippen molar-refractivity contribution in [3.05, 3.63) is 103 Å². The number of hydrogen-bond donors (Lipinski definition) is 2. The Morgan fingerprint density at radius 2 is 1.89 bits per heavy atom. The molecule has 0 unspecified atom stereocenters. The van der Waals surface area contributed by atoms with Gasteiger partial charge in [0.25, 0.3) is 5.91 Å². The third-order valence-electron chi connectivity index (χ3n) is 6.02. The van der Waals surface area contributed by atoms with E-state index in [0.717, 1.165) is 28.1 Å². The quantitative estimate of drug-likeness (QED) is 0.298. The van der Waals surface area contributed by atoms with Crippen LogP contribution in [-0.4, -0.2) is 31.2 Å². The summed E-state index contributed by atoms with van der Waals surface area (Å²) in [5.41, 5.74) is 11.4. The molecule has 5 aromatic rings. The molecule has 0 saturated carbocycles. The highest BCUT2D eigenvalue weighted by Gasteiger charge is 2.25. The molecule has 3 N–H and O–H groups in total. The summed E-state index contributed by atoms with van der Waals surface area (Å²) >= 11 is 0. The van der Waals surface area contributed by atoms with Crippen LogP contribution in [0.25, 0.3) is 27.9 Å². The fourth-order valence-electron chi connectivity index (χ4n) is 4.34. The van der Waals surface area contributed by atoms with Crippen LogP contribution in [0.3, 0.4) is 0 Å². The molecule has 5 rings (SSSR count). The lowest BCUT2D eigenvalue weighted by Gasteiger charge is -2.13. The van der Waals surface area contributed by atoms with E-state index in [1.165, 1.54) is 6.08 Å². The molecule has 9 heteroatoms. The van der Waals surface area contributed by atoms with Crippen LogP contribution < -0.4 is 15.8 Å². The van der Waals surface area contributed by atoms with Crippen LogP contribution in [0.15, 0.2) is 86.0 Å². The number of amides is 2. The van der Waals surface area contributed by atoms with Crippen molar-refractivity contribution >= 4 is 23.1 Å².